The van der Waals surface area contributed by atoms with Gasteiger partial charge in [0.2, 0.25) is 0 Å². The molecule has 6 heteroatoms. The van der Waals surface area contributed by atoms with E-state index < -0.39 is 10.1 Å². The van der Waals surface area contributed by atoms with Crippen molar-refractivity contribution >= 4 is 33.5 Å². The Hall–Kier alpha value is -0.230. The Kier molecular flexibility index (Phi) is 7.21. The Morgan fingerprint density at radius 3 is 2.63 bits per heavy atom. The Bertz CT molecular complexity index is 501. The summed E-state index contributed by atoms with van der Waals surface area (Å²) in [6.45, 7) is 2.16. The molecule has 19 heavy (non-hydrogen) atoms. The summed E-state index contributed by atoms with van der Waals surface area (Å²) in [6.07, 6.45) is 4.67. The molecule has 108 valence electrons. The molecule has 0 heterocycles. The molecule has 0 spiro atoms. The van der Waals surface area contributed by atoms with Gasteiger partial charge in [0.1, 0.15) is 0 Å². The molecule has 0 amide bonds. The molecule has 0 saturated carbocycles. The largest absolute Gasteiger partial charge is 0.265 e. The average molecular weight is 323 g/mol. The summed E-state index contributed by atoms with van der Waals surface area (Å²) in [6, 6.07) is 5.62. The van der Waals surface area contributed by atoms with Crippen molar-refractivity contribution in [2.24, 2.45) is 0 Å². The SMILES string of the molecule is CCCCCSc1ccc(COS(C)(=O)=O)c(Cl)c1. The third kappa shape index (κ3) is 7.20. The first kappa shape index (κ1) is 16.8. The molecule has 0 N–H and O–H groups in total. The van der Waals surface area contributed by atoms with Crippen LogP contribution in [0.5, 0.6) is 0 Å². The van der Waals surface area contributed by atoms with Crippen molar-refractivity contribution in [1.29, 1.82) is 0 Å². The Morgan fingerprint density at radius 2 is 2.05 bits per heavy atom. The van der Waals surface area contributed by atoms with Gasteiger partial charge in [0, 0.05) is 9.92 Å². The van der Waals surface area contributed by atoms with Gasteiger partial charge in [-0.25, -0.2) is 0 Å². The van der Waals surface area contributed by atoms with E-state index in [1.54, 1.807) is 11.8 Å². The summed E-state index contributed by atoms with van der Waals surface area (Å²) in [4.78, 5) is 1.10. The van der Waals surface area contributed by atoms with Gasteiger partial charge in [-0.2, -0.15) is 8.42 Å². The van der Waals surface area contributed by atoms with E-state index in [0.29, 0.717) is 10.6 Å². The van der Waals surface area contributed by atoms with E-state index in [1.165, 1.54) is 19.3 Å². The maximum Gasteiger partial charge on any atom is 0.264 e. The van der Waals surface area contributed by atoms with Gasteiger partial charge < -0.3 is 0 Å². The van der Waals surface area contributed by atoms with Crippen LogP contribution in [0.3, 0.4) is 0 Å². The predicted molar refractivity (Wildman–Crippen MR) is 81.3 cm³/mol. The van der Waals surface area contributed by atoms with E-state index in [-0.39, 0.29) is 6.61 Å². The van der Waals surface area contributed by atoms with Crippen LogP contribution in [0.2, 0.25) is 5.02 Å². The Labute approximate surface area is 124 Å². The molecule has 0 aromatic heterocycles. The third-order valence-electron chi connectivity index (χ3n) is 2.47. The number of benzene rings is 1. The molecule has 3 nitrogen and oxygen atoms in total. The molecular formula is C13H19ClO3S2. The summed E-state index contributed by atoms with van der Waals surface area (Å²) in [5.41, 5.74) is 0.685. The molecule has 0 aliphatic rings. The summed E-state index contributed by atoms with van der Waals surface area (Å²) in [7, 11) is -3.43. The molecular weight excluding hydrogens is 304 g/mol. The highest BCUT2D eigenvalue weighted by molar-refractivity contribution is 7.99. The van der Waals surface area contributed by atoms with E-state index in [2.05, 4.69) is 6.92 Å². The van der Waals surface area contributed by atoms with Crippen LogP contribution in [-0.4, -0.2) is 20.4 Å². The second kappa shape index (κ2) is 8.15. The van der Waals surface area contributed by atoms with Crippen LogP contribution in [0.1, 0.15) is 31.7 Å². The van der Waals surface area contributed by atoms with E-state index in [1.807, 2.05) is 18.2 Å². The van der Waals surface area contributed by atoms with Gasteiger partial charge in [0.25, 0.3) is 10.1 Å². The molecule has 0 fully saturated rings. The van der Waals surface area contributed by atoms with Crippen molar-refractivity contribution in [2.75, 3.05) is 12.0 Å². The lowest BCUT2D eigenvalue weighted by Gasteiger charge is -2.07. The molecule has 1 aromatic carbocycles. The van der Waals surface area contributed by atoms with E-state index in [4.69, 9.17) is 15.8 Å². The first-order valence-electron chi connectivity index (χ1n) is 6.18. The molecule has 1 rings (SSSR count). The van der Waals surface area contributed by atoms with Crippen LogP contribution in [0.15, 0.2) is 23.1 Å². The maximum atomic E-state index is 10.9. The van der Waals surface area contributed by atoms with Crippen molar-refractivity contribution < 1.29 is 12.6 Å². The van der Waals surface area contributed by atoms with Crippen LogP contribution < -0.4 is 0 Å². The van der Waals surface area contributed by atoms with Crippen LogP contribution in [0.4, 0.5) is 0 Å². The van der Waals surface area contributed by atoms with Crippen molar-refractivity contribution in [3.63, 3.8) is 0 Å². The zero-order valence-corrected chi connectivity index (χ0v) is 13.6. The lowest BCUT2D eigenvalue weighted by Crippen LogP contribution is -2.03. The van der Waals surface area contributed by atoms with Gasteiger partial charge in [0.15, 0.2) is 0 Å². The van der Waals surface area contributed by atoms with Gasteiger partial charge in [-0.15, -0.1) is 11.8 Å². The van der Waals surface area contributed by atoms with E-state index in [9.17, 15) is 8.42 Å². The topological polar surface area (TPSA) is 43.4 Å². The van der Waals surface area contributed by atoms with Gasteiger partial charge in [-0.05, 0) is 29.9 Å². The monoisotopic (exact) mass is 322 g/mol. The van der Waals surface area contributed by atoms with Crippen LogP contribution in [0, 0.1) is 0 Å². The second-order valence-corrected chi connectivity index (χ2v) is 7.49. The zero-order chi connectivity index (χ0) is 14.3. The first-order chi connectivity index (χ1) is 8.92. The van der Waals surface area contributed by atoms with Crippen molar-refractivity contribution in [3.8, 4) is 0 Å². The number of unbranched alkanes of at least 4 members (excludes halogenated alkanes) is 2. The molecule has 0 aliphatic carbocycles. The fourth-order valence-electron chi connectivity index (χ4n) is 1.45. The summed E-state index contributed by atoms with van der Waals surface area (Å²) in [5.74, 6) is 1.07. The van der Waals surface area contributed by atoms with Crippen molar-refractivity contribution in [2.45, 2.75) is 37.7 Å². The highest BCUT2D eigenvalue weighted by Crippen LogP contribution is 2.26. The van der Waals surface area contributed by atoms with Crippen LogP contribution >= 0.6 is 23.4 Å². The maximum absolute atomic E-state index is 10.9. The standard InChI is InChI=1S/C13H19ClO3S2/c1-3-4-5-8-18-12-7-6-11(13(14)9-12)10-17-19(2,15)16/h6-7,9H,3-5,8,10H2,1-2H3. The molecule has 0 unspecified atom stereocenters. The minimum Gasteiger partial charge on any atom is -0.265 e. The smallest absolute Gasteiger partial charge is 0.264 e. The predicted octanol–water partition coefficient (Wildman–Crippen LogP) is 4.10. The number of hydrogen-bond donors (Lipinski definition) is 0. The van der Waals surface area contributed by atoms with Crippen LogP contribution in [-0.2, 0) is 20.9 Å². The lowest BCUT2D eigenvalue weighted by atomic mass is 10.2. The summed E-state index contributed by atoms with van der Waals surface area (Å²) < 4.78 is 26.6. The molecule has 0 saturated heterocycles. The summed E-state index contributed by atoms with van der Waals surface area (Å²) in [5, 5.41) is 0.546. The van der Waals surface area contributed by atoms with Gasteiger partial charge in [-0.1, -0.05) is 37.4 Å². The average Bonchev–Trinajstić information content (AvgIpc) is 2.32. The van der Waals surface area contributed by atoms with E-state index >= 15 is 0 Å². The molecule has 0 aliphatic heterocycles. The van der Waals surface area contributed by atoms with Gasteiger partial charge >= 0.3 is 0 Å². The second-order valence-electron chi connectivity index (χ2n) is 4.28. The Morgan fingerprint density at radius 1 is 1.32 bits per heavy atom. The quantitative estimate of drug-likeness (QED) is 0.410. The highest BCUT2D eigenvalue weighted by Gasteiger charge is 2.07. The molecule has 0 bridgehead atoms. The fraction of sp³-hybridized carbons (Fsp3) is 0.538. The minimum atomic E-state index is -3.43. The minimum absolute atomic E-state index is 0.0154. The first-order valence-corrected chi connectivity index (χ1v) is 9.36. The van der Waals surface area contributed by atoms with Crippen molar-refractivity contribution in [3.05, 3.63) is 28.8 Å². The number of thioether (sulfide) groups is 1. The fourth-order valence-corrected chi connectivity index (χ4v) is 3.04. The lowest BCUT2D eigenvalue weighted by molar-refractivity contribution is 0.311. The Balaban J connectivity index is 2.54. The van der Waals surface area contributed by atoms with Crippen molar-refractivity contribution in [1.82, 2.24) is 0 Å². The zero-order valence-electron chi connectivity index (χ0n) is 11.2. The van der Waals surface area contributed by atoms with Crippen LogP contribution in [0.25, 0.3) is 0 Å². The molecule has 0 radical (unpaired) electrons. The number of halogens is 1. The number of hydrogen-bond acceptors (Lipinski definition) is 4. The number of rotatable bonds is 8. The summed E-state index contributed by atoms with van der Waals surface area (Å²) >= 11 is 7.87. The molecule has 1 aromatic rings. The van der Waals surface area contributed by atoms with E-state index in [0.717, 1.165) is 16.9 Å². The highest BCUT2D eigenvalue weighted by atomic mass is 35.5. The normalized spacial score (nSPS) is 11.7. The van der Waals surface area contributed by atoms with Gasteiger partial charge in [0.05, 0.1) is 12.9 Å². The van der Waals surface area contributed by atoms with Gasteiger partial charge in [-0.3, -0.25) is 4.18 Å². The molecule has 0 atom stereocenters. The third-order valence-corrected chi connectivity index (χ3v) is 4.45.